The molecule has 0 aromatic heterocycles. The first-order chi connectivity index (χ1) is 9.30. The second-order valence-electron chi connectivity index (χ2n) is 5.71. The second kappa shape index (κ2) is 5.58. The molecule has 1 aliphatic carbocycles. The molecule has 0 radical (unpaired) electrons. The van der Waals surface area contributed by atoms with Crippen molar-refractivity contribution in [1.29, 1.82) is 0 Å². The van der Waals surface area contributed by atoms with Gasteiger partial charge in [0.05, 0.1) is 5.92 Å². The molecule has 20 heavy (non-hydrogen) atoms. The summed E-state index contributed by atoms with van der Waals surface area (Å²) >= 11 is 0. The summed E-state index contributed by atoms with van der Waals surface area (Å²) in [5, 5.41) is 0. The van der Waals surface area contributed by atoms with E-state index >= 15 is 0 Å². The minimum absolute atomic E-state index is 0.0598. The third-order valence-electron chi connectivity index (χ3n) is 4.38. The minimum Gasteiger partial charge on any atom is -0.294 e. The van der Waals surface area contributed by atoms with Crippen molar-refractivity contribution in [2.75, 3.05) is 0 Å². The number of ketones is 1. The molecule has 0 aliphatic heterocycles. The molecule has 1 aliphatic rings. The minimum atomic E-state index is -4.18. The lowest BCUT2D eigenvalue weighted by molar-refractivity contribution is -0.184. The summed E-state index contributed by atoms with van der Waals surface area (Å²) in [6.45, 7) is 3.76. The van der Waals surface area contributed by atoms with Crippen LogP contribution < -0.4 is 0 Å². The number of rotatable bonds is 2. The number of hydrogen-bond donors (Lipinski definition) is 0. The number of carbonyl (C=O) groups is 1. The van der Waals surface area contributed by atoms with Crippen LogP contribution in [0.5, 0.6) is 0 Å². The lowest BCUT2D eigenvalue weighted by Crippen LogP contribution is -2.32. The van der Waals surface area contributed by atoms with Crippen molar-refractivity contribution in [3.63, 3.8) is 0 Å². The van der Waals surface area contributed by atoms with Gasteiger partial charge in [-0.3, -0.25) is 4.79 Å². The van der Waals surface area contributed by atoms with Crippen LogP contribution in [0.2, 0.25) is 0 Å². The molecule has 2 unspecified atom stereocenters. The number of halogens is 3. The summed E-state index contributed by atoms with van der Waals surface area (Å²) < 4.78 is 38.4. The first-order valence-electron chi connectivity index (χ1n) is 6.98. The van der Waals surface area contributed by atoms with Gasteiger partial charge in [-0.15, -0.1) is 0 Å². The highest BCUT2D eigenvalue weighted by Gasteiger charge is 2.43. The number of aryl methyl sites for hydroxylation is 1. The lowest BCUT2D eigenvalue weighted by Gasteiger charge is -2.30. The molecule has 1 saturated carbocycles. The van der Waals surface area contributed by atoms with Crippen LogP contribution in [0.15, 0.2) is 18.2 Å². The molecule has 110 valence electrons. The van der Waals surface area contributed by atoms with Gasteiger partial charge in [-0.2, -0.15) is 13.2 Å². The van der Waals surface area contributed by atoms with Crippen LogP contribution in [-0.4, -0.2) is 12.0 Å². The van der Waals surface area contributed by atoms with Gasteiger partial charge < -0.3 is 0 Å². The highest BCUT2D eigenvalue weighted by atomic mass is 19.4. The fraction of sp³-hybridized carbons (Fsp3) is 0.562. The van der Waals surface area contributed by atoms with Gasteiger partial charge in [0.2, 0.25) is 0 Å². The van der Waals surface area contributed by atoms with E-state index in [0.29, 0.717) is 18.4 Å². The van der Waals surface area contributed by atoms with Crippen molar-refractivity contribution in [1.82, 2.24) is 0 Å². The largest absolute Gasteiger partial charge is 0.391 e. The average molecular weight is 284 g/mol. The standard InChI is InChI=1S/C16H19F3O/c1-10-5-3-8-14(11(10)2)15(20)12-6-4-7-13(9-12)16(17,18)19/h3,5,8,12-13H,4,6-7,9H2,1-2H3. The molecule has 0 saturated heterocycles. The van der Waals surface area contributed by atoms with Gasteiger partial charge in [0, 0.05) is 11.5 Å². The predicted octanol–water partition coefficient (Wildman–Crippen LogP) is 4.85. The van der Waals surface area contributed by atoms with Gasteiger partial charge in [0.25, 0.3) is 0 Å². The molecular weight excluding hydrogens is 265 g/mol. The van der Waals surface area contributed by atoms with Crippen LogP contribution in [0, 0.1) is 25.7 Å². The van der Waals surface area contributed by atoms with E-state index in [9.17, 15) is 18.0 Å². The summed E-state index contributed by atoms with van der Waals surface area (Å²) in [4.78, 5) is 12.5. The van der Waals surface area contributed by atoms with Crippen LogP contribution in [0.4, 0.5) is 13.2 Å². The van der Waals surface area contributed by atoms with E-state index < -0.39 is 18.0 Å². The van der Waals surface area contributed by atoms with Crippen LogP contribution in [-0.2, 0) is 0 Å². The topological polar surface area (TPSA) is 17.1 Å². The van der Waals surface area contributed by atoms with E-state index in [4.69, 9.17) is 0 Å². The fourth-order valence-corrected chi connectivity index (χ4v) is 2.96. The smallest absolute Gasteiger partial charge is 0.294 e. The monoisotopic (exact) mass is 284 g/mol. The van der Waals surface area contributed by atoms with Crippen molar-refractivity contribution >= 4 is 5.78 Å². The molecule has 0 bridgehead atoms. The van der Waals surface area contributed by atoms with E-state index in [1.807, 2.05) is 19.9 Å². The molecule has 0 heterocycles. The maximum atomic E-state index is 12.8. The van der Waals surface area contributed by atoms with Crippen molar-refractivity contribution in [3.8, 4) is 0 Å². The third kappa shape index (κ3) is 3.05. The Kier molecular flexibility index (Phi) is 4.21. The van der Waals surface area contributed by atoms with Gasteiger partial charge >= 0.3 is 6.18 Å². The van der Waals surface area contributed by atoms with Crippen molar-refractivity contribution in [2.45, 2.75) is 45.7 Å². The summed E-state index contributed by atoms with van der Waals surface area (Å²) in [5.74, 6) is -1.94. The number of carbonyl (C=O) groups excluding carboxylic acids is 1. The number of Topliss-reactive ketones (excluding diaryl/α,β-unsaturated/α-hetero) is 1. The highest BCUT2D eigenvalue weighted by Crippen LogP contribution is 2.41. The van der Waals surface area contributed by atoms with Crippen molar-refractivity contribution in [2.24, 2.45) is 11.8 Å². The third-order valence-corrected chi connectivity index (χ3v) is 4.38. The fourth-order valence-electron chi connectivity index (χ4n) is 2.96. The summed E-state index contributed by atoms with van der Waals surface area (Å²) in [7, 11) is 0. The van der Waals surface area contributed by atoms with Crippen LogP contribution in [0.3, 0.4) is 0 Å². The van der Waals surface area contributed by atoms with Gasteiger partial charge in [0.15, 0.2) is 5.78 Å². The van der Waals surface area contributed by atoms with Crippen molar-refractivity contribution in [3.05, 3.63) is 34.9 Å². The normalized spacial score (nSPS) is 23.6. The average Bonchev–Trinajstić information content (AvgIpc) is 2.40. The summed E-state index contributed by atoms with van der Waals surface area (Å²) in [5.41, 5.74) is 2.46. The summed E-state index contributed by atoms with van der Waals surface area (Å²) in [6.07, 6.45) is -3.04. The van der Waals surface area contributed by atoms with Gasteiger partial charge in [-0.25, -0.2) is 0 Å². The zero-order valence-corrected chi connectivity index (χ0v) is 11.8. The highest BCUT2D eigenvalue weighted by molar-refractivity contribution is 5.99. The van der Waals surface area contributed by atoms with Gasteiger partial charge in [-0.05, 0) is 44.2 Å². The Morgan fingerprint density at radius 2 is 1.90 bits per heavy atom. The molecule has 2 rings (SSSR count). The molecule has 1 aromatic carbocycles. The second-order valence-corrected chi connectivity index (χ2v) is 5.71. The number of alkyl halides is 3. The SMILES string of the molecule is Cc1cccc(C(=O)C2CCCC(C(F)(F)F)C2)c1C. The van der Waals surface area contributed by atoms with E-state index in [-0.39, 0.29) is 18.6 Å². The number of hydrogen-bond acceptors (Lipinski definition) is 1. The molecule has 1 nitrogen and oxygen atoms in total. The van der Waals surface area contributed by atoms with Crippen LogP contribution in [0.25, 0.3) is 0 Å². The Morgan fingerprint density at radius 3 is 2.55 bits per heavy atom. The molecule has 2 atom stereocenters. The Hall–Kier alpha value is -1.32. The Morgan fingerprint density at radius 1 is 1.20 bits per heavy atom. The maximum Gasteiger partial charge on any atom is 0.391 e. The van der Waals surface area contributed by atoms with E-state index in [1.165, 1.54) is 0 Å². The van der Waals surface area contributed by atoms with E-state index in [0.717, 1.165) is 11.1 Å². The molecule has 0 amide bonds. The Labute approximate surface area is 117 Å². The van der Waals surface area contributed by atoms with Gasteiger partial charge in [0.1, 0.15) is 0 Å². The van der Waals surface area contributed by atoms with E-state index in [2.05, 4.69) is 0 Å². The predicted molar refractivity (Wildman–Crippen MR) is 71.7 cm³/mol. The Bertz CT molecular complexity index is 505. The first-order valence-corrected chi connectivity index (χ1v) is 6.98. The molecule has 1 aromatic rings. The zero-order valence-electron chi connectivity index (χ0n) is 11.8. The van der Waals surface area contributed by atoms with E-state index in [1.54, 1.807) is 12.1 Å². The Balaban J connectivity index is 2.19. The van der Waals surface area contributed by atoms with Gasteiger partial charge in [-0.1, -0.05) is 24.6 Å². The van der Waals surface area contributed by atoms with Crippen LogP contribution in [0.1, 0.15) is 47.2 Å². The zero-order chi connectivity index (χ0) is 14.9. The summed E-state index contributed by atoms with van der Waals surface area (Å²) in [6, 6.07) is 5.42. The van der Waals surface area contributed by atoms with Crippen LogP contribution >= 0.6 is 0 Å². The quantitative estimate of drug-likeness (QED) is 0.709. The molecular formula is C16H19F3O. The molecule has 4 heteroatoms. The van der Waals surface area contributed by atoms with Crippen molar-refractivity contribution < 1.29 is 18.0 Å². The molecule has 0 N–H and O–H groups in total. The molecule has 0 spiro atoms. The maximum absolute atomic E-state index is 12.8. The lowest BCUT2D eigenvalue weighted by atomic mass is 9.77. The molecule has 1 fully saturated rings. The number of benzene rings is 1. The first kappa shape index (κ1) is 15.1.